The molecule has 2 aromatic rings. The van der Waals surface area contributed by atoms with Crippen molar-refractivity contribution in [3.63, 3.8) is 0 Å². The lowest BCUT2D eigenvalue weighted by molar-refractivity contribution is -0.142. The normalized spacial score (nSPS) is 20.0. The minimum Gasteiger partial charge on any atom is -0.481 e. The molecule has 1 aromatic heterocycles. The molecule has 0 aliphatic heterocycles. The lowest BCUT2D eigenvalue weighted by Crippen LogP contribution is -2.44. The molecular formula is C17H21N5O3. The minimum absolute atomic E-state index is 0.0189. The molecule has 1 heterocycles. The summed E-state index contributed by atoms with van der Waals surface area (Å²) in [5, 5.41) is 18.9. The van der Waals surface area contributed by atoms with Crippen LogP contribution in [0, 0.1) is 5.92 Å². The van der Waals surface area contributed by atoms with E-state index in [2.05, 4.69) is 20.7 Å². The van der Waals surface area contributed by atoms with Crippen LogP contribution in [0.1, 0.15) is 31.5 Å². The summed E-state index contributed by atoms with van der Waals surface area (Å²) in [5.41, 5.74) is 0.904. The molecule has 1 aliphatic rings. The van der Waals surface area contributed by atoms with Crippen LogP contribution in [0.5, 0.6) is 0 Å². The number of amides is 2. The Kier molecular flexibility index (Phi) is 5.27. The fourth-order valence-electron chi connectivity index (χ4n) is 2.96. The number of hydrogen-bond donors (Lipinski definition) is 3. The molecule has 132 valence electrons. The van der Waals surface area contributed by atoms with Crippen molar-refractivity contribution in [2.75, 3.05) is 0 Å². The average Bonchev–Trinajstić information content (AvgIpc) is 3.10. The van der Waals surface area contributed by atoms with E-state index in [0.29, 0.717) is 31.5 Å². The quantitative estimate of drug-likeness (QED) is 0.766. The van der Waals surface area contributed by atoms with Gasteiger partial charge in [0.1, 0.15) is 6.33 Å². The Morgan fingerprint density at radius 1 is 1.16 bits per heavy atom. The number of para-hydroxylation sites is 1. The first-order valence-electron chi connectivity index (χ1n) is 8.35. The fraction of sp³-hybridized carbons (Fsp3) is 0.412. The number of carboxylic acid groups (broad SMARTS) is 1. The highest BCUT2D eigenvalue weighted by Crippen LogP contribution is 2.24. The van der Waals surface area contributed by atoms with Crippen LogP contribution in [0.3, 0.4) is 0 Å². The number of benzene rings is 1. The highest BCUT2D eigenvalue weighted by Gasteiger charge is 2.26. The summed E-state index contributed by atoms with van der Waals surface area (Å²) in [6.45, 7) is 0.232. The predicted octanol–water partition coefficient (Wildman–Crippen LogP) is 1.71. The number of aromatic nitrogens is 3. The SMILES string of the molecule is O=C(NCc1ncn(-c2ccccc2)n1)NC1CCC(C(=O)O)CC1. The molecule has 3 N–H and O–H groups in total. The van der Waals surface area contributed by atoms with E-state index >= 15 is 0 Å². The predicted molar refractivity (Wildman–Crippen MR) is 90.1 cm³/mol. The Bertz CT molecular complexity index is 723. The zero-order chi connectivity index (χ0) is 17.6. The van der Waals surface area contributed by atoms with Gasteiger partial charge in [-0.1, -0.05) is 18.2 Å². The molecule has 25 heavy (non-hydrogen) atoms. The molecule has 0 radical (unpaired) electrons. The largest absolute Gasteiger partial charge is 0.481 e. The van der Waals surface area contributed by atoms with Crippen molar-refractivity contribution in [2.24, 2.45) is 5.92 Å². The van der Waals surface area contributed by atoms with Crippen LogP contribution in [0.25, 0.3) is 5.69 Å². The number of carbonyl (C=O) groups is 2. The van der Waals surface area contributed by atoms with Gasteiger partial charge in [0.15, 0.2) is 5.82 Å². The number of nitrogens with one attached hydrogen (secondary N) is 2. The maximum Gasteiger partial charge on any atom is 0.315 e. The smallest absolute Gasteiger partial charge is 0.315 e. The number of aliphatic carboxylic acids is 1. The third-order valence-corrected chi connectivity index (χ3v) is 4.38. The van der Waals surface area contributed by atoms with Gasteiger partial charge < -0.3 is 15.7 Å². The number of hydrogen-bond acceptors (Lipinski definition) is 4. The molecule has 1 aromatic carbocycles. The molecule has 3 rings (SSSR count). The van der Waals surface area contributed by atoms with Gasteiger partial charge in [-0.15, -0.1) is 5.10 Å². The van der Waals surface area contributed by atoms with Crippen molar-refractivity contribution in [3.05, 3.63) is 42.5 Å². The third kappa shape index (κ3) is 4.56. The summed E-state index contributed by atoms with van der Waals surface area (Å²) < 4.78 is 1.65. The zero-order valence-electron chi connectivity index (χ0n) is 13.8. The molecule has 0 unspecified atom stereocenters. The number of rotatable bonds is 5. The average molecular weight is 343 g/mol. The van der Waals surface area contributed by atoms with Crippen LogP contribution >= 0.6 is 0 Å². The van der Waals surface area contributed by atoms with E-state index in [1.165, 1.54) is 0 Å². The van der Waals surface area contributed by atoms with E-state index in [1.54, 1.807) is 11.0 Å². The van der Waals surface area contributed by atoms with Gasteiger partial charge in [-0.25, -0.2) is 14.5 Å². The Hall–Kier alpha value is -2.90. The lowest BCUT2D eigenvalue weighted by atomic mass is 9.86. The van der Waals surface area contributed by atoms with Gasteiger partial charge >= 0.3 is 12.0 Å². The maximum atomic E-state index is 12.0. The Labute approximate surface area is 145 Å². The molecule has 0 bridgehead atoms. The van der Waals surface area contributed by atoms with Gasteiger partial charge in [0, 0.05) is 6.04 Å². The van der Waals surface area contributed by atoms with Gasteiger partial charge in [0.05, 0.1) is 18.2 Å². The minimum atomic E-state index is -0.747. The second kappa shape index (κ2) is 7.78. The summed E-state index contributed by atoms with van der Waals surface area (Å²) in [6, 6.07) is 9.35. The summed E-state index contributed by atoms with van der Waals surface area (Å²) >= 11 is 0. The summed E-state index contributed by atoms with van der Waals surface area (Å²) in [5.74, 6) is -0.510. The molecule has 0 spiro atoms. The number of carbonyl (C=O) groups excluding carboxylic acids is 1. The molecule has 1 saturated carbocycles. The zero-order valence-corrected chi connectivity index (χ0v) is 13.8. The van der Waals surface area contributed by atoms with Crippen molar-refractivity contribution in [2.45, 2.75) is 38.3 Å². The monoisotopic (exact) mass is 343 g/mol. The van der Waals surface area contributed by atoms with Crippen LogP contribution in [-0.2, 0) is 11.3 Å². The number of urea groups is 1. The third-order valence-electron chi connectivity index (χ3n) is 4.38. The molecular weight excluding hydrogens is 322 g/mol. The highest BCUT2D eigenvalue weighted by molar-refractivity contribution is 5.74. The van der Waals surface area contributed by atoms with Crippen LogP contribution < -0.4 is 10.6 Å². The van der Waals surface area contributed by atoms with Gasteiger partial charge in [-0.2, -0.15) is 0 Å². The van der Waals surface area contributed by atoms with Crippen LogP contribution in [0.4, 0.5) is 4.79 Å². The molecule has 0 saturated heterocycles. The first kappa shape index (κ1) is 16.9. The van der Waals surface area contributed by atoms with Gasteiger partial charge in [0.25, 0.3) is 0 Å². The van der Waals surface area contributed by atoms with E-state index in [4.69, 9.17) is 5.11 Å². The van der Waals surface area contributed by atoms with Gasteiger partial charge in [-0.3, -0.25) is 4.79 Å². The van der Waals surface area contributed by atoms with Crippen molar-refractivity contribution in [3.8, 4) is 5.69 Å². The number of carboxylic acids is 1. The molecule has 1 aliphatic carbocycles. The van der Waals surface area contributed by atoms with Gasteiger partial charge in [0.2, 0.25) is 0 Å². The van der Waals surface area contributed by atoms with E-state index in [-0.39, 0.29) is 24.5 Å². The van der Waals surface area contributed by atoms with Crippen molar-refractivity contribution in [1.29, 1.82) is 0 Å². The van der Waals surface area contributed by atoms with Crippen molar-refractivity contribution in [1.82, 2.24) is 25.4 Å². The van der Waals surface area contributed by atoms with Crippen molar-refractivity contribution < 1.29 is 14.7 Å². The van der Waals surface area contributed by atoms with Crippen molar-refractivity contribution >= 4 is 12.0 Å². The molecule has 8 heteroatoms. The maximum absolute atomic E-state index is 12.0. The van der Waals surface area contributed by atoms with E-state index in [9.17, 15) is 9.59 Å². The summed E-state index contributed by atoms with van der Waals surface area (Å²) in [4.78, 5) is 27.1. The lowest BCUT2D eigenvalue weighted by Gasteiger charge is -2.26. The molecule has 8 nitrogen and oxygen atoms in total. The fourth-order valence-corrected chi connectivity index (χ4v) is 2.96. The van der Waals surface area contributed by atoms with E-state index < -0.39 is 5.97 Å². The topological polar surface area (TPSA) is 109 Å². The standard InChI is InChI=1S/C17H21N5O3/c23-16(24)12-6-8-13(9-7-12)20-17(25)18-10-15-19-11-22(21-15)14-4-2-1-3-5-14/h1-5,11-13H,6-10H2,(H,23,24)(H2,18,20,25). The molecule has 2 amide bonds. The first-order chi connectivity index (χ1) is 12.1. The summed E-state index contributed by atoms with van der Waals surface area (Å²) in [6.07, 6.45) is 4.18. The highest BCUT2D eigenvalue weighted by atomic mass is 16.4. The summed E-state index contributed by atoms with van der Waals surface area (Å²) in [7, 11) is 0. The number of nitrogens with zero attached hydrogens (tertiary/aromatic N) is 3. The first-order valence-corrected chi connectivity index (χ1v) is 8.35. The Morgan fingerprint density at radius 2 is 1.88 bits per heavy atom. The second-order valence-electron chi connectivity index (χ2n) is 6.15. The van der Waals surface area contributed by atoms with Crippen LogP contribution in [0.2, 0.25) is 0 Å². The van der Waals surface area contributed by atoms with E-state index in [0.717, 1.165) is 5.69 Å². The second-order valence-corrected chi connectivity index (χ2v) is 6.15. The Balaban J connectivity index is 1.44. The Morgan fingerprint density at radius 3 is 2.56 bits per heavy atom. The molecule has 1 fully saturated rings. The van der Waals surface area contributed by atoms with Gasteiger partial charge in [-0.05, 0) is 37.8 Å². The van der Waals surface area contributed by atoms with Crippen LogP contribution in [0.15, 0.2) is 36.7 Å². The van der Waals surface area contributed by atoms with E-state index in [1.807, 2.05) is 30.3 Å². The van der Waals surface area contributed by atoms with Crippen LogP contribution in [-0.4, -0.2) is 37.9 Å². The molecule has 0 atom stereocenters.